The topological polar surface area (TPSA) is 72.9 Å². The quantitative estimate of drug-likeness (QED) is 0.539. The molecule has 2 aromatic carbocycles. The van der Waals surface area contributed by atoms with Crippen LogP contribution in [0.1, 0.15) is 24.4 Å². The summed E-state index contributed by atoms with van der Waals surface area (Å²) in [6, 6.07) is 14.9. The summed E-state index contributed by atoms with van der Waals surface area (Å²) >= 11 is 0. The molecule has 3 atom stereocenters. The number of esters is 1. The fourth-order valence-electron chi connectivity index (χ4n) is 4.83. The maximum absolute atomic E-state index is 13.7. The molecule has 0 aromatic heterocycles. The maximum atomic E-state index is 13.7. The van der Waals surface area contributed by atoms with Crippen molar-refractivity contribution in [1.29, 1.82) is 0 Å². The number of rotatable bonds is 5. The van der Waals surface area contributed by atoms with Crippen molar-refractivity contribution < 1.29 is 22.7 Å². The van der Waals surface area contributed by atoms with Gasteiger partial charge in [0.1, 0.15) is 5.75 Å². The summed E-state index contributed by atoms with van der Waals surface area (Å²) in [5.74, 6) is 0.0362. The molecule has 4 rings (SSSR count). The largest absolute Gasteiger partial charge is 0.497 e. The highest BCUT2D eigenvalue weighted by Gasteiger charge is 2.62. The lowest BCUT2D eigenvalue weighted by molar-refractivity contribution is -0.156. The monoisotopic (exact) mass is 427 g/mol. The molecule has 2 aliphatic rings. The van der Waals surface area contributed by atoms with Gasteiger partial charge in [0.05, 0.1) is 30.6 Å². The number of allylic oxidation sites excluding steroid dienone is 1. The minimum atomic E-state index is -3.83. The van der Waals surface area contributed by atoms with Crippen LogP contribution >= 0.6 is 0 Å². The fraction of sp³-hybridized carbons (Fsp3) is 0.348. The first-order chi connectivity index (χ1) is 14.4. The molecule has 0 amide bonds. The van der Waals surface area contributed by atoms with Gasteiger partial charge in [-0.2, -0.15) is 4.31 Å². The third-order valence-corrected chi connectivity index (χ3v) is 8.10. The summed E-state index contributed by atoms with van der Waals surface area (Å²) in [4.78, 5) is 13.4. The van der Waals surface area contributed by atoms with Crippen LogP contribution in [0, 0.1) is 11.3 Å². The third kappa shape index (κ3) is 3.13. The van der Waals surface area contributed by atoms with Crippen molar-refractivity contribution in [3.8, 4) is 5.75 Å². The molecular formula is C23H25NO5S. The second-order valence-electron chi connectivity index (χ2n) is 7.67. The molecule has 0 spiro atoms. The van der Waals surface area contributed by atoms with Crippen molar-refractivity contribution in [2.45, 2.75) is 23.8 Å². The van der Waals surface area contributed by atoms with Gasteiger partial charge in [-0.3, -0.25) is 4.79 Å². The molecule has 0 saturated carbocycles. The lowest BCUT2D eigenvalue weighted by Crippen LogP contribution is -2.44. The van der Waals surface area contributed by atoms with Crippen LogP contribution in [0.5, 0.6) is 5.75 Å². The summed E-state index contributed by atoms with van der Waals surface area (Å²) in [7, 11) is -0.884. The number of nitrogens with zero attached hydrogens (tertiary/aromatic N) is 1. The van der Waals surface area contributed by atoms with Crippen molar-refractivity contribution in [3.63, 3.8) is 0 Å². The fourth-order valence-corrected chi connectivity index (χ4v) is 6.55. The number of carbonyl (C=O) groups is 1. The summed E-state index contributed by atoms with van der Waals surface area (Å²) < 4.78 is 39.3. The zero-order valence-electron chi connectivity index (χ0n) is 17.0. The van der Waals surface area contributed by atoms with Gasteiger partial charge in [0.15, 0.2) is 0 Å². The van der Waals surface area contributed by atoms with Gasteiger partial charge >= 0.3 is 5.97 Å². The van der Waals surface area contributed by atoms with E-state index in [0.29, 0.717) is 18.6 Å². The molecule has 1 aliphatic heterocycles. The number of fused-ring (bicyclic) bond motifs is 1. The van der Waals surface area contributed by atoms with Crippen LogP contribution < -0.4 is 4.74 Å². The zero-order chi connectivity index (χ0) is 21.4. The minimum absolute atomic E-state index is 0.214. The first-order valence-electron chi connectivity index (χ1n) is 9.91. The van der Waals surface area contributed by atoms with E-state index in [1.807, 2.05) is 24.3 Å². The van der Waals surface area contributed by atoms with Crippen LogP contribution in [0.4, 0.5) is 0 Å². The van der Waals surface area contributed by atoms with Gasteiger partial charge in [-0.25, -0.2) is 8.42 Å². The van der Waals surface area contributed by atoms with Crippen molar-refractivity contribution in [3.05, 3.63) is 72.3 Å². The second-order valence-corrected chi connectivity index (χ2v) is 9.56. The Balaban J connectivity index is 1.91. The average Bonchev–Trinajstić information content (AvgIpc) is 3.16. The minimum Gasteiger partial charge on any atom is -0.497 e. The molecule has 1 aliphatic carbocycles. The highest BCUT2D eigenvalue weighted by Crippen LogP contribution is 2.57. The summed E-state index contributed by atoms with van der Waals surface area (Å²) in [5, 5.41) is 0. The molecular weight excluding hydrogens is 402 g/mol. The van der Waals surface area contributed by atoms with Crippen molar-refractivity contribution in [2.24, 2.45) is 11.3 Å². The van der Waals surface area contributed by atoms with E-state index in [0.717, 1.165) is 5.56 Å². The van der Waals surface area contributed by atoms with Crippen molar-refractivity contribution in [1.82, 2.24) is 4.31 Å². The van der Waals surface area contributed by atoms with Crippen LogP contribution in [0.2, 0.25) is 0 Å². The average molecular weight is 428 g/mol. The Bertz CT molecular complexity index is 1050. The van der Waals surface area contributed by atoms with E-state index in [9.17, 15) is 13.2 Å². The number of methoxy groups -OCH3 is 2. The van der Waals surface area contributed by atoms with E-state index in [1.165, 1.54) is 11.4 Å². The zero-order valence-corrected chi connectivity index (χ0v) is 17.8. The van der Waals surface area contributed by atoms with E-state index in [2.05, 4.69) is 0 Å². The third-order valence-electron chi connectivity index (χ3n) is 6.25. The Morgan fingerprint density at radius 3 is 2.40 bits per heavy atom. The molecule has 0 unspecified atom stereocenters. The molecule has 30 heavy (non-hydrogen) atoms. The molecule has 2 aromatic rings. The SMILES string of the molecule is COC(=O)[C@]12CCC=C[C@H]1CN(S(=O)(=O)c1ccccc1)[C@H]2c1ccc(OC)cc1. The lowest BCUT2D eigenvalue weighted by Gasteiger charge is -2.39. The summed E-state index contributed by atoms with van der Waals surface area (Å²) in [6.45, 7) is 0.222. The van der Waals surface area contributed by atoms with Gasteiger partial charge in [-0.1, -0.05) is 42.5 Å². The van der Waals surface area contributed by atoms with Gasteiger partial charge in [0.25, 0.3) is 0 Å². The Labute approximate surface area is 177 Å². The molecule has 1 saturated heterocycles. The molecule has 158 valence electrons. The van der Waals surface area contributed by atoms with E-state index in [1.54, 1.807) is 49.6 Å². The first-order valence-corrected chi connectivity index (χ1v) is 11.3. The molecule has 0 bridgehead atoms. The lowest BCUT2D eigenvalue weighted by atomic mass is 9.66. The molecule has 0 N–H and O–H groups in total. The van der Waals surface area contributed by atoms with E-state index >= 15 is 0 Å². The smallest absolute Gasteiger partial charge is 0.314 e. The van der Waals surface area contributed by atoms with Crippen LogP contribution in [-0.4, -0.2) is 39.5 Å². The molecule has 1 heterocycles. The Kier molecular flexibility index (Phi) is 5.42. The number of sulfonamides is 1. The predicted molar refractivity (Wildman–Crippen MR) is 112 cm³/mol. The highest BCUT2D eigenvalue weighted by molar-refractivity contribution is 7.89. The molecule has 1 fully saturated rings. The summed E-state index contributed by atoms with van der Waals surface area (Å²) in [5.41, 5.74) is -0.224. The van der Waals surface area contributed by atoms with Crippen molar-refractivity contribution in [2.75, 3.05) is 20.8 Å². The Hall–Kier alpha value is -2.64. The van der Waals surface area contributed by atoms with Gasteiger partial charge in [-0.05, 0) is 42.7 Å². The van der Waals surface area contributed by atoms with Gasteiger partial charge in [0.2, 0.25) is 10.0 Å². The Morgan fingerprint density at radius 2 is 1.77 bits per heavy atom. The summed E-state index contributed by atoms with van der Waals surface area (Å²) in [6.07, 6.45) is 5.21. The highest BCUT2D eigenvalue weighted by atomic mass is 32.2. The number of hydrogen-bond acceptors (Lipinski definition) is 5. The molecule has 0 radical (unpaired) electrons. The molecule has 6 nitrogen and oxygen atoms in total. The van der Waals surface area contributed by atoms with E-state index in [4.69, 9.17) is 9.47 Å². The normalized spacial score (nSPS) is 26.2. The number of benzene rings is 2. The van der Waals surface area contributed by atoms with Gasteiger partial charge in [0, 0.05) is 12.5 Å². The number of hydrogen-bond donors (Lipinski definition) is 0. The predicted octanol–water partition coefficient (Wildman–Crippen LogP) is 3.57. The second kappa shape index (κ2) is 7.89. The van der Waals surface area contributed by atoms with Crippen LogP contribution in [0.15, 0.2) is 71.6 Å². The van der Waals surface area contributed by atoms with Crippen LogP contribution in [0.3, 0.4) is 0 Å². The van der Waals surface area contributed by atoms with Crippen molar-refractivity contribution >= 4 is 16.0 Å². The van der Waals surface area contributed by atoms with Gasteiger partial charge < -0.3 is 9.47 Å². The molecule has 7 heteroatoms. The van der Waals surface area contributed by atoms with E-state index < -0.39 is 21.5 Å². The van der Waals surface area contributed by atoms with Crippen LogP contribution in [-0.2, 0) is 19.6 Å². The number of ether oxygens (including phenoxy) is 2. The first kappa shape index (κ1) is 20.6. The van der Waals surface area contributed by atoms with E-state index in [-0.39, 0.29) is 23.3 Å². The standard InChI is InChI=1S/C23H25NO5S/c1-28-19-13-11-17(12-14-19)21-23(22(25)29-2)15-7-6-8-18(23)16-24(21)30(26,27)20-9-4-3-5-10-20/h3-6,8-14,18,21H,7,15-16H2,1-2H3/t18-,21-,23+/m0/s1. The Morgan fingerprint density at radius 1 is 1.07 bits per heavy atom. The maximum Gasteiger partial charge on any atom is 0.314 e. The van der Waals surface area contributed by atoms with Crippen LogP contribution in [0.25, 0.3) is 0 Å². The number of carbonyl (C=O) groups excluding carboxylic acids is 1. The van der Waals surface area contributed by atoms with Gasteiger partial charge in [-0.15, -0.1) is 0 Å².